The lowest BCUT2D eigenvalue weighted by atomic mass is 10.1. The van der Waals surface area contributed by atoms with E-state index < -0.39 is 29.7 Å². The van der Waals surface area contributed by atoms with Crippen molar-refractivity contribution in [1.29, 1.82) is 0 Å². The normalized spacial score (nSPS) is 12.8. The predicted molar refractivity (Wildman–Crippen MR) is 69.6 cm³/mol. The minimum atomic E-state index is -4.42. The Bertz CT molecular complexity index is 511. The van der Waals surface area contributed by atoms with Gasteiger partial charge in [-0.15, -0.1) is 0 Å². The van der Waals surface area contributed by atoms with Crippen molar-refractivity contribution in [2.75, 3.05) is 7.05 Å². The Morgan fingerprint density at radius 3 is 2.14 bits per heavy atom. The number of carboxylic acid groups (broad SMARTS) is 1. The highest BCUT2D eigenvalue weighted by Crippen LogP contribution is 2.29. The second kappa shape index (κ2) is 6.60. The molecule has 0 aliphatic carbocycles. The van der Waals surface area contributed by atoms with Gasteiger partial charge in [0.2, 0.25) is 5.91 Å². The highest BCUT2D eigenvalue weighted by Gasteiger charge is 2.30. The molecule has 116 valence electrons. The number of hydrogen-bond donors (Lipinski definition) is 1. The lowest BCUT2D eigenvalue weighted by molar-refractivity contribution is -0.148. The van der Waals surface area contributed by atoms with Crippen LogP contribution in [0.4, 0.5) is 13.2 Å². The number of carbonyl (C=O) groups excluding carboxylic acids is 1. The first-order valence-corrected chi connectivity index (χ1v) is 6.31. The van der Waals surface area contributed by atoms with Crippen molar-refractivity contribution in [2.24, 2.45) is 0 Å². The lowest BCUT2D eigenvalue weighted by Crippen LogP contribution is -2.42. The summed E-state index contributed by atoms with van der Waals surface area (Å²) in [7, 11) is 1.37. The highest BCUT2D eigenvalue weighted by atomic mass is 19.4. The van der Waals surface area contributed by atoms with E-state index in [1.807, 2.05) is 0 Å². The number of nitrogens with zero attached hydrogens (tertiary/aromatic N) is 1. The van der Waals surface area contributed by atoms with Crippen LogP contribution >= 0.6 is 0 Å². The smallest absolute Gasteiger partial charge is 0.416 e. The van der Waals surface area contributed by atoms with Crippen LogP contribution in [0.1, 0.15) is 24.5 Å². The Balaban J connectivity index is 2.77. The molecule has 1 atom stereocenters. The van der Waals surface area contributed by atoms with Crippen LogP contribution in [0.15, 0.2) is 24.3 Å². The Morgan fingerprint density at radius 2 is 1.76 bits per heavy atom. The van der Waals surface area contributed by atoms with E-state index in [2.05, 4.69) is 0 Å². The summed E-state index contributed by atoms with van der Waals surface area (Å²) in [6.45, 7) is 1.64. The van der Waals surface area contributed by atoms with Crippen LogP contribution in [0.3, 0.4) is 0 Å². The van der Waals surface area contributed by atoms with Crippen LogP contribution in [0, 0.1) is 0 Å². The molecule has 0 aliphatic rings. The summed E-state index contributed by atoms with van der Waals surface area (Å²) in [4.78, 5) is 24.0. The number of aliphatic carboxylic acids is 1. The molecule has 21 heavy (non-hydrogen) atoms. The van der Waals surface area contributed by atoms with Gasteiger partial charge in [-0.3, -0.25) is 4.79 Å². The largest absolute Gasteiger partial charge is 0.480 e. The molecular formula is C14H16F3NO3. The van der Waals surface area contributed by atoms with Gasteiger partial charge in [-0.05, 0) is 24.1 Å². The van der Waals surface area contributed by atoms with E-state index in [9.17, 15) is 22.8 Å². The molecule has 0 aliphatic heterocycles. The van der Waals surface area contributed by atoms with Crippen LogP contribution < -0.4 is 0 Å². The van der Waals surface area contributed by atoms with Gasteiger partial charge in [0.1, 0.15) is 6.04 Å². The number of rotatable bonds is 5. The Labute approximate surface area is 120 Å². The van der Waals surface area contributed by atoms with Crippen LogP contribution in [-0.2, 0) is 22.2 Å². The Morgan fingerprint density at radius 1 is 1.24 bits per heavy atom. The number of halogens is 3. The molecule has 0 fully saturated rings. The highest BCUT2D eigenvalue weighted by molar-refractivity contribution is 5.84. The Kier molecular flexibility index (Phi) is 5.34. The summed E-state index contributed by atoms with van der Waals surface area (Å²) in [5, 5.41) is 8.97. The third kappa shape index (κ3) is 4.47. The topological polar surface area (TPSA) is 57.6 Å². The molecule has 1 rings (SSSR count). The van der Waals surface area contributed by atoms with Crippen molar-refractivity contribution in [2.45, 2.75) is 32.0 Å². The average molecular weight is 303 g/mol. The number of carboxylic acids is 1. The third-order valence-electron chi connectivity index (χ3n) is 3.17. The first-order chi connectivity index (χ1) is 9.66. The van der Waals surface area contributed by atoms with Gasteiger partial charge in [0, 0.05) is 7.05 Å². The fraction of sp³-hybridized carbons (Fsp3) is 0.429. The fourth-order valence-electron chi connectivity index (χ4n) is 1.90. The standard InChI is InChI=1S/C14H16F3NO3/c1-3-11(13(20)21)18(2)12(19)8-9-4-6-10(7-5-9)14(15,16)17/h4-7,11H,3,8H2,1-2H3,(H,20,21). The molecule has 1 N–H and O–H groups in total. The number of carbonyl (C=O) groups is 2. The second-order valence-corrected chi connectivity index (χ2v) is 4.64. The maximum atomic E-state index is 12.4. The number of benzene rings is 1. The van der Waals surface area contributed by atoms with Gasteiger partial charge in [0.05, 0.1) is 12.0 Å². The molecule has 1 unspecified atom stereocenters. The number of hydrogen-bond acceptors (Lipinski definition) is 2. The van der Waals surface area contributed by atoms with Crippen molar-refractivity contribution in [3.8, 4) is 0 Å². The molecule has 1 aromatic rings. The lowest BCUT2D eigenvalue weighted by Gasteiger charge is -2.23. The molecular weight excluding hydrogens is 287 g/mol. The van der Waals surface area contributed by atoms with Crippen molar-refractivity contribution in [1.82, 2.24) is 4.90 Å². The number of amides is 1. The van der Waals surface area contributed by atoms with Gasteiger partial charge < -0.3 is 10.0 Å². The summed E-state index contributed by atoms with van der Waals surface area (Å²) >= 11 is 0. The zero-order chi connectivity index (χ0) is 16.2. The molecule has 7 heteroatoms. The van der Waals surface area contributed by atoms with E-state index in [-0.39, 0.29) is 12.8 Å². The molecule has 0 bridgehead atoms. The van der Waals surface area contributed by atoms with Gasteiger partial charge in [0.25, 0.3) is 0 Å². The molecule has 0 radical (unpaired) electrons. The molecule has 0 saturated heterocycles. The minimum absolute atomic E-state index is 0.140. The molecule has 1 aromatic carbocycles. The van der Waals surface area contributed by atoms with Gasteiger partial charge >= 0.3 is 12.1 Å². The zero-order valence-corrected chi connectivity index (χ0v) is 11.6. The molecule has 0 saturated carbocycles. The van der Waals surface area contributed by atoms with E-state index in [0.717, 1.165) is 17.0 Å². The summed E-state index contributed by atoms with van der Waals surface area (Å²) in [6, 6.07) is 3.30. The summed E-state index contributed by atoms with van der Waals surface area (Å²) in [5.41, 5.74) is -0.385. The molecule has 4 nitrogen and oxygen atoms in total. The van der Waals surface area contributed by atoms with Gasteiger partial charge in [-0.1, -0.05) is 19.1 Å². The van der Waals surface area contributed by atoms with E-state index in [1.165, 1.54) is 19.2 Å². The quantitative estimate of drug-likeness (QED) is 0.909. The van der Waals surface area contributed by atoms with E-state index in [0.29, 0.717) is 5.56 Å². The van der Waals surface area contributed by atoms with Crippen LogP contribution in [0.25, 0.3) is 0 Å². The fourth-order valence-corrected chi connectivity index (χ4v) is 1.90. The summed E-state index contributed by atoms with van der Waals surface area (Å²) in [5.74, 6) is -1.57. The maximum Gasteiger partial charge on any atom is 0.416 e. The third-order valence-corrected chi connectivity index (χ3v) is 3.17. The van der Waals surface area contributed by atoms with Crippen LogP contribution in [-0.4, -0.2) is 35.0 Å². The summed E-state index contributed by atoms with van der Waals surface area (Å²) in [6.07, 6.45) is -4.31. The first-order valence-electron chi connectivity index (χ1n) is 6.31. The predicted octanol–water partition coefficient (Wildman–Crippen LogP) is 2.57. The molecule has 0 heterocycles. The first kappa shape index (κ1) is 17.0. The number of alkyl halides is 3. The van der Waals surface area contributed by atoms with Crippen LogP contribution in [0.5, 0.6) is 0 Å². The molecule has 0 spiro atoms. The van der Waals surface area contributed by atoms with E-state index in [1.54, 1.807) is 6.92 Å². The molecule has 0 aromatic heterocycles. The molecule has 1 amide bonds. The second-order valence-electron chi connectivity index (χ2n) is 4.64. The van der Waals surface area contributed by atoms with E-state index >= 15 is 0 Å². The number of likely N-dealkylation sites (N-methyl/N-ethyl adjacent to an activating group) is 1. The maximum absolute atomic E-state index is 12.4. The van der Waals surface area contributed by atoms with Gasteiger partial charge in [0.15, 0.2) is 0 Å². The van der Waals surface area contributed by atoms with Crippen molar-refractivity contribution < 1.29 is 27.9 Å². The Hall–Kier alpha value is -2.05. The summed E-state index contributed by atoms with van der Waals surface area (Å²) < 4.78 is 37.2. The minimum Gasteiger partial charge on any atom is -0.480 e. The SMILES string of the molecule is CCC(C(=O)O)N(C)C(=O)Cc1ccc(C(F)(F)F)cc1. The zero-order valence-electron chi connectivity index (χ0n) is 11.6. The van der Waals surface area contributed by atoms with Crippen LogP contribution in [0.2, 0.25) is 0 Å². The average Bonchev–Trinajstić information content (AvgIpc) is 2.38. The van der Waals surface area contributed by atoms with Crippen molar-refractivity contribution in [3.05, 3.63) is 35.4 Å². The van der Waals surface area contributed by atoms with Gasteiger partial charge in [-0.2, -0.15) is 13.2 Å². The van der Waals surface area contributed by atoms with Crippen molar-refractivity contribution >= 4 is 11.9 Å². The van der Waals surface area contributed by atoms with Crippen molar-refractivity contribution in [3.63, 3.8) is 0 Å². The monoisotopic (exact) mass is 303 g/mol. The van der Waals surface area contributed by atoms with Gasteiger partial charge in [-0.25, -0.2) is 4.79 Å². The van der Waals surface area contributed by atoms with E-state index in [4.69, 9.17) is 5.11 Å².